The van der Waals surface area contributed by atoms with E-state index in [0.717, 1.165) is 17.2 Å². The van der Waals surface area contributed by atoms with Crippen LogP contribution in [0.5, 0.6) is 0 Å². The molecule has 192 valence electrons. The van der Waals surface area contributed by atoms with Crippen LogP contribution in [0.25, 0.3) is 11.1 Å². The van der Waals surface area contributed by atoms with Crippen LogP contribution in [0.1, 0.15) is 44.6 Å². The second-order valence-electron chi connectivity index (χ2n) is 8.04. The molecule has 0 aromatic carbocycles. The van der Waals surface area contributed by atoms with Crippen molar-refractivity contribution in [1.82, 2.24) is 25.3 Å². The number of rotatable bonds is 5. The number of hydrogen-bond acceptors (Lipinski definition) is 8. The van der Waals surface area contributed by atoms with E-state index in [1.54, 1.807) is 19.1 Å². The summed E-state index contributed by atoms with van der Waals surface area (Å²) < 4.78 is 38.7. The summed E-state index contributed by atoms with van der Waals surface area (Å²) >= 11 is 0. The molecule has 0 spiro atoms. The average Bonchev–Trinajstić information content (AvgIpc) is 3.11. The first kappa shape index (κ1) is 26.8. The highest BCUT2D eigenvalue weighted by Gasteiger charge is 2.40. The third-order valence-corrected chi connectivity index (χ3v) is 4.81. The van der Waals surface area contributed by atoms with Crippen LogP contribution in [0.2, 0.25) is 0 Å². The second-order valence-corrected chi connectivity index (χ2v) is 8.04. The number of β-amino-alcohol motifs (C(OH)–C–C–N with tert-alkyl or cyclic N) is 2. The maximum Gasteiger partial charge on any atom is 0.433 e. The molecule has 4 heterocycles. The van der Waals surface area contributed by atoms with E-state index in [-0.39, 0.29) is 17.8 Å². The van der Waals surface area contributed by atoms with Crippen LogP contribution in [0.15, 0.2) is 48.9 Å². The average molecular weight is 506 g/mol. The number of pyridine rings is 2. The molecule has 0 saturated carbocycles. The molecule has 0 radical (unpaired) electrons. The Labute approximate surface area is 205 Å². The van der Waals surface area contributed by atoms with Gasteiger partial charge in [-0.15, -0.1) is 0 Å². The van der Waals surface area contributed by atoms with Gasteiger partial charge in [0.25, 0.3) is 5.91 Å². The minimum absolute atomic E-state index is 0.156. The van der Waals surface area contributed by atoms with Gasteiger partial charge in [0, 0.05) is 24.2 Å². The van der Waals surface area contributed by atoms with Gasteiger partial charge in [-0.25, -0.2) is 9.78 Å². The lowest BCUT2D eigenvalue weighted by molar-refractivity contribution is -0.155. The summed E-state index contributed by atoms with van der Waals surface area (Å²) in [5, 5.41) is 24.2. The lowest BCUT2D eigenvalue weighted by Gasteiger charge is -2.17. The molecule has 1 unspecified atom stereocenters. The third kappa shape index (κ3) is 6.64. The van der Waals surface area contributed by atoms with Gasteiger partial charge in [-0.2, -0.15) is 18.2 Å². The Bertz CT molecular complexity index is 1190. The Morgan fingerprint density at radius 1 is 1.11 bits per heavy atom. The summed E-state index contributed by atoms with van der Waals surface area (Å²) in [7, 11) is 0. The van der Waals surface area contributed by atoms with Crippen LogP contribution in [0, 0.1) is 0 Å². The molecule has 36 heavy (non-hydrogen) atoms. The van der Waals surface area contributed by atoms with Crippen molar-refractivity contribution in [2.45, 2.75) is 45.3 Å². The van der Waals surface area contributed by atoms with E-state index in [4.69, 9.17) is 0 Å². The summed E-state index contributed by atoms with van der Waals surface area (Å²) in [4.78, 5) is 28.9. The van der Waals surface area contributed by atoms with Crippen LogP contribution in [0.3, 0.4) is 0 Å². The number of nitrogens with zero attached hydrogens (tertiary/aromatic N) is 5. The molecule has 4 N–H and O–H groups in total. The van der Waals surface area contributed by atoms with E-state index < -0.39 is 30.4 Å². The van der Waals surface area contributed by atoms with Crippen molar-refractivity contribution in [3.8, 4) is 11.1 Å². The largest absolute Gasteiger partial charge is 0.433 e. The topological polar surface area (TPSA) is 136 Å². The summed E-state index contributed by atoms with van der Waals surface area (Å²) in [5.41, 5.74) is 0.415. The van der Waals surface area contributed by atoms with Crippen LogP contribution in [-0.4, -0.2) is 48.6 Å². The van der Waals surface area contributed by atoms with Crippen molar-refractivity contribution in [2.75, 3.05) is 16.8 Å². The minimum Gasteiger partial charge on any atom is -0.347 e. The maximum absolute atomic E-state index is 12.9. The first-order valence-corrected chi connectivity index (χ1v) is 11.1. The standard InChI is InChI=1S/C20H18F3N7O3.C3H8/c1-11(27-17-25-7-5-16(28-17)30-10-19(32,33)29-18(30)31)14-3-2-13(9-26-14)12-4-6-24-15(8-12)20(21,22)23;1-3-2/h2-9,11,32-33H,10H2,1H3,(H,29,31)(H,25,27,28);3H2,1-2H3. The van der Waals surface area contributed by atoms with Crippen LogP contribution in [0.4, 0.5) is 29.7 Å². The lowest BCUT2D eigenvalue weighted by atomic mass is 10.1. The maximum atomic E-state index is 12.9. The second kappa shape index (κ2) is 10.8. The zero-order chi connectivity index (χ0) is 26.5. The summed E-state index contributed by atoms with van der Waals surface area (Å²) in [6, 6.07) is 6.05. The molecule has 13 heteroatoms. The Morgan fingerprint density at radius 2 is 1.81 bits per heavy atom. The van der Waals surface area contributed by atoms with Crippen LogP contribution < -0.4 is 15.5 Å². The molecule has 0 bridgehead atoms. The van der Waals surface area contributed by atoms with Crippen molar-refractivity contribution in [2.24, 2.45) is 0 Å². The molecule has 10 nitrogen and oxygen atoms in total. The normalized spacial score (nSPS) is 15.6. The number of halogens is 3. The van der Waals surface area contributed by atoms with Gasteiger partial charge in [-0.1, -0.05) is 26.3 Å². The predicted octanol–water partition coefficient (Wildman–Crippen LogP) is 3.71. The number of urea groups is 1. The highest BCUT2D eigenvalue weighted by molar-refractivity contribution is 5.93. The van der Waals surface area contributed by atoms with Gasteiger partial charge in [0.1, 0.15) is 18.1 Å². The molecule has 3 aromatic heterocycles. The number of amides is 2. The fourth-order valence-electron chi connectivity index (χ4n) is 3.19. The smallest absolute Gasteiger partial charge is 0.347 e. The highest BCUT2D eigenvalue weighted by Crippen LogP contribution is 2.30. The molecule has 3 aromatic rings. The fraction of sp³-hybridized carbons (Fsp3) is 0.348. The number of carbonyl (C=O) groups excluding carboxylic acids is 1. The van der Waals surface area contributed by atoms with Gasteiger partial charge in [-0.05, 0) is 36.8 Å². The predicted molar refractivity (Wildman–Crippen MR) is 126 cm³/mol. The van der Waals surface area contributed by atoms with E-state index in [1.165, 1.54) is 30.9 Å². The van der Waals surface area contributed by atoms with Crippen molar-refractivity contribution < 1.29 is 28.2 Å². The molecule has 1 aliphatic heterocycles. The van der Waals surface area contributed by atoms with E-state index in [9.17, 15) is 28.2 Å². The number of alkyl halides is 3. The van der Waals surface area contributed by atoms with Gasteiger partial charge in [0.05, 0.1) is 11.7 Å². The summed E-state index contributed by atoms with van der Waals surface area (Å²) in [5.74, 6) is -2.04. The van der Waals surface area contributed by atoms with Crippen LogP contribution in [-0.2, 0) is 6.18 Å². The summed E-state index contributed by atoms with van der Waals surface area (Å²) in [6.07, 6.45) is 0.662. The first-order chi connectivity index (χ1) is 16.9. The molecule has 4 rings (SSSR count). The van der Waals surface area contributed by atoms with Crippen molar-refractivity contribution in [3.05, 3.63) is 60.3 Å². The van der Waals surface area contributed by atoms with Crippen molar-refractivity contribution in [1.29, 1.82) is 0 Å². The first-order valence-electron chi connectivity index (χ1n) is 11.1. The molecule has 2 amide bonds. The van der Waals surface area contributed by atoms with Gasteiger partial charge < -0.3 is 15.5 Å². The van der Waals surface area contributed by atoms with E-state index in [1.807, 2.05) is 5.32 Å². The molecule has 1 saturated heterocycles. The molecule has 0 aliphatic carbocycles. The van der Waals surface area contributed by atoms with E-state index in [2.05, 4.69) is 39.1 Å². The Hall–Kier alpha value is -3.84. The monoisotopic (exact) mass is 505 g/mol. The van der Waals surface area contributed by atoms with Crippen molar-refractivity contribution in [3.63, 3.8) is 0 Å². The van der Waals surface area contributed by atoms with Crippen molar-refractivity contribution >= 4 is 17.8 Å². The van der Waals surface area contributed by atoms with Gasteiger partial charge >= 0.3 is 12.2 Å². The SMILES string of the molecule is CC(Nc1nccc(N2CC(O)(O)NC2=O)n1)c1ccc(-c2ccnc(C(F)(F)F)c2)cn1.CCC. The van der Waals surface area contributed by atoms with Gasteiger partial charge in [0.15, 0.2) is 0 Å². The number of carbonyl (C=O) groups is 1. The third-order valence-electron chi connectivity index (χ3n) is 4.81. The molecular formula is C23H26F3N7O3. The Kier molecular flexibility index (Phi) is 8.05. The number of aromatic nitrogens is 4. The number of aliphatic hydroxyl groups is 2. The zero-order valence-electron chi connectivity index (χ0n) is 19.8. The number of hydrogen-bond donors (Lipinski definition) is 4. The molecule has 1 atom stereocenters. The number of anilines is 2. The summed E-state index contributed by atoms with van der Waals surface area (Å²) in [6.45, 7) is 5.62. The minimum atomic E-state index is -4.54. The molecule has 1 aliphatic rings. The Morgan fingerprint density at radius 3 is 2.39 bits per heavy atom. The lowest BCUT2D eigenvalue weighted by Crippen LogP contribution is -2.42. The molecule has 1 fully saturated rings. The highest BCUT2D eigenvalue weighted by atomic mass is 19.4. The Balaban J connectivity index is 0.00000115. The van der Waals surface area contributed by atoms with Gasteiger partial charge in [0.2, 0.25) is 5.95 Å². The van der Waals surface area contributed by atoms with E-state index >= 15 is 0 Å². The quantitative estimate of drug-likeness (QED) is 0.385. The fourth-order valence-corrected chi connectivity index (χ4v) is 3.19. The van der Waals surface area contributed by atoms with Crippen LogP contribution >= 0.6 is 0 Å². The molecular weight excluding hydrogens is 479 g/mol. The van der Waals surface area contributed by atoms with Gasteiger partial charge in [-0.3, -0.25) is 20.2 Å². The zero-order valence-corrected chi connectivity index (χ0v) is 19.8. The number of nitrogens with one attached hydrogen (secondary N) is 2. The van der Waals surface area contributed by atoms with E-state index in [0.29, 0.717) is 16.8 Å².